The van der Waals surface area contributed by atoms with Crippen LogP contribution < -0.4 is 5.73 Å². The summed E-state index contributed by atoms with van der Waals surface area (Å²) >= 11 is 0. The van der Waals surface area contributed by atoms with Gasteiger partial charge in [0.2, 0.25) is 0 Å². The third kappa shape index (κ3) is 3.78. The van der Waals surface area contributed by atoms with Gasteiger partial charge in [0.25, 0.3) is 0 Å². The molecule has 0 radical (unpaired) electrons. The van der Waals surface area contributed by atoms with Crippen molar-refractivity contribution in [1.29, 1.82) is 0 Å². The van der Waals surface area contributed by atoms with Crippen LogP contribution in [-0.4, -0.2) is 17.1 Å². The molecule has 0 rings (SSSR count). The Bertz CT molecular complexity index is 163. The van der Waals surface area contributed by atoms with E-state index in [0.717, 1.165) is 0 Å². The number of carboxylic acids is 1. The second kappa shape index (κ2) is 3.53. The molecule has 1 atom stereocenters. The lowest BCUT2D eigenvalue weighted by Gasteiger charge is -2.21. The molecule has 0 aromatic rings. The number of rotatable bonds is 4. The molecule has 0 heterocycles. The zero-order valence-corrected chi connectivity index (χ0v) is 7.00. The van der Waals surface area contributed by atoms with E-state index in [-0.39, 0.29) is 5.41 Å². The average molecular weight is 157 g/mol. The maximum atomic E-state index is 10.3. The largest absolute Gasteiger partial charge is 0.480 e. The van der Waals surface area contributed by atoms with E-state index in [1.165, 1.54) is 0 Å². The first-order valence-corrected chi connectivity index (χ1v) is 3.51. The highest BCUT2D eigenvalue weighted by atomic mass is 16.4. The van der Waals surface area contributed by atoms with Crippen molar-refractivity contribution in [3.8, 4) is 0 Å². The molecular weight excluding hydrogens is 142 g/mol. The Morgan fingerprint density at radius 2 is 2.27 bits per heavy atom. The maximum Gasteiger partial charge on any atom is 0.320 e. The van der Waals surface area contributed by atoms with Crippen molar-refractivity contribution in [2.45, 2.75) is 26.3 Å². The highest BCUT2D eigenvalue weighted by Gasteiger charge is 2.21. The number of carboxylic acid groups (broad SMARTS) is 1. The lowest BCUT2D eigenvalue weighted by Crippen LogP contribution is -2.34. The van der Waals surface area contributed by atoms with Gasteiger partial charge >= 0.3 is 5.97 Å². The first-order chi connectivity index (χ1) is 4.89. The van der Waals surface area contributed by atoms with Gasteiger partial charge in [-0.1, -0.05) is 19.9 Å². The van der Waals surface area contributed by atoms with Crippen molar-refractivity contribution in [3.05, 3.63) is 12.7 Å². The summed E-state index contributed by atoms with van der Waals surface area (Å²) in [6, 6.07) is -0.789. The van der Waals surface area contributed by atoms with E-state index in [1.807, 2.05) is 13.8 Å². The van der Waals surface area contributed by atoms with Crippen LogP contribution in [0, 0.1) is 5.41 Å². The van der Waals surface area contributed by atoms with Crippen LogP contribution in [0.1, 0.15) is 20.3 Å². The molecule has 0 aromatic carbocycles. The minimum atomic E-state index is -0.958. The van der Waals surface area contributed by atoms with Crippen LogP contribution in [0.5, 0.6) is 0 Å². The number of allylic oxidation sites excluding steroid dienone is 1. The minimum absolute atomic E-state index is 0.197. The third-order valence-corrected chi connectivity index (χ3v) is 1.62. The van der Waals surface area contributed by atoms with Crippen LogP contribution in [0.15, 0.2) is 12.7 Å². The fourth-order valence-electron chi connectivity index (χ4n) is 0.737. The number of hydrogen-bond acceptors (Lipinski definition) is 2. The average Bonchev–Trinajstić information content (AvgIpc) is 1.87. The topological polar surface area (TPSA) is 63.3 Å². The van der Waals surface area contributed by atoms with E-state index >= 15 is 0 Å². The molecule has 0 amide bonds. The summed E-state index contributed by atoms with van der Waals surface area (Å²) in [4.78, 5) is 10.3. The summed E-state index contributed by atoms with van der Waals surface area (Å²) in [6.07, 6.45) is 2.14. The molecule has 3 heteroatoms. The highest BCUT2D eigenvalue weighted by Crippen LogP contribution is 2.22. The van der Waals surface area contributed by atoms with Crippen LogP contribution >= 0.6 is 0 Å². The molecular formula is C8H15NO2. The standard InChI is InChI=1S/C8H15NO2/c1-4-8(2,3)5-6(9)7(10)11/h4,6H,1,5,9H2,2-3H3,(H,10,11). The SMILES string of the molecule is C=CC(C)(C)CC(N)C(=O)O. The lowest BCUT2D eigenvalue weighted by atomic mass is 9.86. The Balaban J connectivity index is 4.03. The van der Waals surface area contributed by atoms with E-state index in [1.54, 1.807) is 6.08 Å². The second-order valence-electron chi connectivity index (χ2n) is 3.34. The second-order valence-corrected chi connectivity index (χ2v) is 3.34. The van der Waals surface area contributed by atoms with Gasteiger partial charge in [-0.15, -0.1) is 6.58 Å². The quantitative estimate of drug-likeness (QED) is 0.598. The summed E-state index contributed by atoms with van der Waals surface area (Å²) in [7, 11) is 0. The Morgan fingerprint density at radius 1 is 1.82 bits per heavy atom. The molecule has 0 aliphatic heterocycles. The molecule has 0 spiro atoms. The first kappa shape index (κ1) is 10.2. The van der Waals surface area contributed by atoms with E-state index < -0.39 is 12.0 Å². The van der Waals surface area contributed by atoms with Gasteiger partial charge in [0.15, 0.2) is 0 Å². The molecule has 3 N–H and O–H groups in total. The molecule has 0 saturated carbocycles. The molecule has 11 heavy (non-hydrogen) atoms. The van der Waals surface area contributed by atoms with Crippen LogP contribution in [0.25, 0.3) is 0 Å². The minimum Gasteiger partial charge on any atom is -0.480 e. The van der Waals surface area contributed by atoms with Crippen molar-refractivity contribution in [2.24, 2.45) is 11.1 Å². The molecule has 0 aliphatic rings. The van der Waals surface area contributed by atoms with Crippen molar-refractivity contribution in [1.82, 2.24) is 0 Å². The maximum absolute atomic E-state index is 10.3. The van der Waals surface area contributed by atoms with Crippen molar-refractivity contribution >= 4 is 5.97 Å². The predicted octanol–water partition coefficient (Wildman–Crippen LogP) is 1.00. The van der Waals surface area contributed by atoms with Crippen molar-refractivity contribution < 1.29 is 9.90 Å². The van der Waals surface area contributed by atoms with Crippen LogP contribution in [0.3, 0.4) is 0 Å². The Kier molecular flexibility index (Phi) is 3.26. The number of aliphatic carboxylic acids is 1. The van der Waals surface area contributed by atoms with E-state index in [9.17, 15) is 4.79 Å². The summed E-state index contributed by atoms with van der Waals surface area (Å²) in [5.74, 6) is -0.958. The van der Waals surface area contributed by atoms with Gasteiger partial charge in [-0.3, -0.25) is 4.79 Å². The Labute approximate surface area is 66.9 Å². The lowest BCUT2D eigenvalue weighted by molar-refractivity contribution is -0.139. The fraction of sp³-hybridized carbons (Fsp3) is 0.625. The van der Waals surface area contributed by atoms with Crippen LogP contribution in [-0.2, 0) is 4.79 Å². The van der Waals surface area contributed by atoms with E-state index in [0.29, 0.717) is 6.42 Å². The van der Waals surface area contributed by atoms with Gasteiger partial charge < -0.3 is 10.8 Å². The van der Waals surface area contributed by atoms with Gasteiger partial charge in [0, 0.05) is 0 Å². The highest BCUT2D eigenvalue weighted by molar-refractivity contribution is 5.73. The fourth-order valence-corrected chi connectivity index (χ4v) is 0.737. The van der Waals surface area contributed by atoms with E-state index in [4.69, 9.17) is 10.8 Å². The summed E-state index contributed by atoms with van der Waals surface area (Å²) in [6.45, 7) is 7.41. The summed E-state index contributed by atoms with van der Waals surface area (Å²) in [5.41, 5.74) is 5.13. The van der Waals surface area contributed by atoms with Gasteiger partial charge in [0.05, 0.1) is 0 Å². The van der Waals surface area contributed by atoms with Crippen molar-refractivity contribution in [3.63, 3.8) is 0 Å². The molecule has 0 saturated heterocycles. The molecule has 0 bridgehead atoms. The van der Waals surface area contributed by atoms with Crippen molar-refractivity contribution in [2.75, 3.05) is 0 Å². The van der Waals surface area contributed by atoms with Gasteiger partial charge in [-0.05, 0) is 11.8 Å². The predicted molar refractivity (Wildman–Crippen MR) is 44.2 cm³/mol. The van der Waals surface area contributed by atoms with Gasteiger partial charge in [-0.2, -0.15) is 0 Å². The third-order valence-electron chi connectivity index (χ3n) is 1.62. The molecule has 1 unspecified atom stereocenters. The van der Waals surface area contributed by atoms with Gasteiger partial charge in [0.1, 0.15) is 6.04 Å². The molecule has 0 aliphatic carbocycles. The number of hydrogen-bond donors (Lipinski definition) is 2. The zero-order chi connectivity index (χ0) is 9.07. The molecule has 0 aromatic heterocycles. The number of carbonyl (C=O) groups is 1. The van der Waals surface area contributed by atoms with Crippen LogP contribution in [0.4, 0.5) is 0 Å². The normalized spacial score (nSPS) is 14.1. The number of nitrogens with two attached hydrogens (primary N) is 1. The Hall–Kier alpha value is -0.830. The summed E-state index contributed by atoms with van der Waals surface area (Å²) < 4.78 is 0. The monoisotopic (exact) mass is 157 g/mol. The molecule has 3 nitrogen and oxygen atoms in total. The zero-order valence-electron chi connectivity index (χ0n) is 7.00. The summed E-state index contributed by atoms with van der Waals surface area (Å²) in [5, 5.41) is 8.48. The van der Waals surface area contributed by atoms with Gasteiger partial charge in [-0.25, -0.2) is 0 Å². The van der Waals surface area contributed by atoms with E-state index in [2.05, 4.69) is 6.58 Å². The Morgan fingerprint density at radius 3 is 2.55 bits per heavy atom. The smallest absolute Gasteiger partial charge is 0.320 e. The molecule has 64 valence electrons. The van der Waals surface area contributed by atoms with Crippen LogP contribution in [0.2, 0.25) is 0 Å². The molecule has 0 fully saturated rings. The first-order valence-electron chi connectivity index (χ1n) is 3.51.